The molecular formula is C13H22N2O. The van der Waals surface area contributed by atoms with E-state index in [1.54, 1.807) is 12.1 Å². The van der Waals surface area contributed by atoms with Crippen molar-refractivity contribution in [1.82, 2.24) is 10.2 Å². The smallest absolute Gasteiger partial charge is 0.115 e. The molecular weight excluding hydrogens is 200 g/mol. The maximum Gasteiger partial charge on any atom is 0.115 e. The fourth-order valence-corrected chi connectivity index (χ4v) is 2.14. The maximum atomic E-state index is 9.29. The van der Waals surface area contributed by atoms with Crippen LogP contribution in [0.4, 0.5) is 0 Å². The van der Waals surface area contributed by atoms with Gasteiger partial charge in [-0.15, -0.1) is 0 Å². The highest BCUT2D eigenvalue weighted by molar-refractivity contribution is 5.28. The minimum absolute atomic E-state index is 0.317. The highest BCUT2D eigenvalue weighted by Crippen LogP contribution is 2.23. The Balaban J connectivity index is 2.89. The molecule has 0 radical (unpaired) electrons. The summed E-state index contributed by atoms with van der Waals surface area (Å²) in [6.07, 6.45) is 0. The van der Waals surface area contributed by atoms with E-state index < -0.39 is 0 Å². The molecule has 0 saturated carbocycles. The van der Waals surface area contributed by atoms with Crippen LogP contribution < -0.4 is 5.32 Å². The van der Waals surface area contributed by atoms with E-state index in [0.717, 1.165) is 6.54 Å². The predicted molar refractivity (Wildman–Crippen MR) is 67.7 cm³/mol. The van der Waals surface area contributed by atoms with Gasteiger partial charge in [-0.05, 0) is 45.3 Å². The summed E-state index contributed by atoms with van der Waals surface area (Å²) in [7, 11) is 4.15. The van der Waals surface area contributed by atoms with Crippen LogP contribution in [-0.4, -0.2) is 36.7 Å². The molecule has 1 aromatic carbocycles. The molecule has 0 spiro atoms. The maximum absolute atomic E-state index is 9.29. The lowest BCUT2D eigenvalue weighted by molar-refractivity contribution is 0.242. The van der Waals surface area contributed by atoms with E-state index in [4.69, 9.17) is 0 Å². The minimum Gasteiger partial charge on any atom is -0.508 e. The Kier molecular flexibility index (Phi) is 4.77. The topological polar surface area (TPSA) is 35.5 Å². The van der Waals surface area contributed by atoms with Crippen molar-refractivity contribution < 1.29 is 5.11 Å². The molecule has 0 fully saturated rings. The molecule has 0 aliphatic carbocycles. The van der Waals surface area contributed by atoms with Crippen LogP contribution in [0, 0.1) is 0 Å². The zero-order valence-electron chi connectivity index (χ0n) is 10.6. The van der Waals surface area contributed by atoms with Gasteiger partial charge in [0.25, 0.3) is 0 Å². The normalized spacial score (nSPS) is 15.1. The van der Waals surface area contributed by atoms with Crippen LogP contribution in [0.15, 0.2) is 24.3 Å². The number of benzene rings is 1. The zero-order chi connectivity index (χ0) is 12.1. The van der Waals surface area contributed by atoms with Crippen molar-refractivity contribution in [1.29, 1.82) is 0 Å². The van der Waals surface area contributed by atoms with Gasteiger partial charge in [0.2, 0.25) is 0 Å². The first-order valence-electron chi connectivity index (χ1n) is 5.75. The second-order valence-electron chi connectivity index (χ2n) is 4.35. The zero-order valence-corrected chi connectivity index (χ0v) is 10.6. The number of rotatable bonds is 5. The van der Waals surface area contributed by atoms with E-state index in [1.165, 1.54) is 5.56 Å². The summed E-state index contributed by atoms with van der Waals surface area (Å²) < 4.78 is 0. The molecule has 3 nitrogen and oxygen atoms in total. The first-order valence-corrected chi connectivity index (χ1v) is 5.75. The Morgan fingerprint density at radius 2 is 1.81 bits per heavy atom. The van der Waals surface area contributed by atoms with Gasteiger partial charge in [-0.1, -0.05) is 19.1 Å². The molecule has 90 valence electrons. The molecule has 1 aromatic rings. The standard InChI is InChI=1S/C13H22N2O/c1-5-14-10(2)13(15(3)4)11-6-8-12(16)9-7-11/h6-10,13-14,16H,5H2,1-4H3/t10-,13+/m0/s1. The molecule has 1 rings (SSSR count). The second kappa shape index (κ2) is 5.87. The lowest BCUT2D eigenvalue weighted by Gasteiger charge is -2.31. The van der Waals surface area contributed by atoms with Crippen molar-refractivity contribution in [3.63, 3.8) is 0 Å². The van der Waals surface area contributed by atoms with Gasteiger partial charge in [0.05, 0.1) is 0 Å². The fourth-order valence-electron chi connectivity index (χ4n) is 2.14. The molecule has 0 heterocycles. The predicted octanol–water partition coefficient (Wildman–Crippen LogP) is 1.99. The van der Waals surface area contributed by atoms with Crippen LogP contribution in [-0.2, 0) is 0 Å². The van der Waals surface area contributed by atoms with Crippen molar-refractivity contribution in [2.45, 2.75) is 25.9 Å². The van der Waals surface area contributed by atoms with Crippen LogP contribution in [0.25, 0.3) is 0 Å². The largest absolute Gasteiger partial charge is 0.508 e. The van der Waals surface area contributed by atoms with Gasteiger partial charge in [0.15, 0.2) is 0 Å². The average Bonchev–Trinajstić information content (AvgIpc) is 2.21. The molecule has 2 N–H and O–H groups in total. The summed E-state index contributed by atoms with van der Waals surface area (Å²) >= 11 is 0. The molecule has 0 aliphatic heterocycles. The second-order valence-corrected chi connectivity index (χ2v) is 4.35. The van der Waals surface area contributed by atoms with Gasteiger partial charge in [0, 0.05) is 12.1 Å². The first-order chi connectivity index (χ1) is 7.56. The van der Waals surface area contributed by atoms with Gasteiger partial charge in [-0.25, -0.2) is 0 Å². The monoisotopic (exact) mass is 222 g/mol. The quantitative estimate of drug-likeness (QED) is 0.800. The number of nitrogens with one attached hydrogen (secondary N) is 1. The minimum atomic E-state index is 0.317. The molecule has 0 aliphatic rings. The summed E-state index contributed by atoms with van der Waals surface area (Å²) in [5.41, 5.74) is 1.22. The van der Waals surface area contributed by atoms with E-state index in [9.17, 15) is 5.11 Å². The molecule has 0 amide bonds. The van der Waals surface area contributed by atoms with Gasteiger partial charge >= 0.3 is 0 Å². The van der Waals surface area contributed by atoms with Crippen molar-refractivity contribution in [3.8, 4) is 5.75 Å². The number of nitrogens with zero attached hydrogens (tertiary/aromatic N) is 1. The van der Waals surface area contributed by atoms with E-state index in [1.807, 2.05) is 12.1 Å². The van der Waals surface area contributed by atoms with E-state index in [-0.39, 0.29) is 0 Å². The summed E-state index contributed by atoms with van der Waals surface area (Å²) in [5, 5.41) is 12.7. The molecule has 2 atom stereocenters. The average molecular weight is 222 g/mol. The molecule has 0 aromatic heterocycles. The molecule has 0 unspecified atom stereocenters. The summed E-state index contributed by atoms with van der Waals surface area (Å²) in [4.78, 5) is 2.19. The van der Waals surface area contributed by atoms with Crippen molar-refractivity contribution in [2.24, 2.45) is 0 Å². The van der Waals surface area contributed by atoms with Gasteiger partial charge in [-0.2, -0.15) is 0 Å². The van der Waals surface area contributed by atoms with Gasteiger partial charge in [-0.3, -0.25) is 0 Å². The van der Waals surface area contributed by atoms with E-state index in [2.05, 4.69) is 38.2 Å². The number of phenolic OH excluding ortho intramolecular Hbond substituents is 1. The SMILES string of the molecule is CCN[C@@H](C)[C@H](c1ccc(O)cc1)N(C)C. The van der Waals surface area contributed by atoms with Gasteiger partial charge in [0.1, 0.15) is 5.75 Å². The Morgan fingerprint density at radius 1 is 1.25 bits per heavy atom. The number of aromatic hydroxyl groups is 1. The Morgan fingerprint density at radius 3 is 2.25 bits per heavy atom. The fraction of sp³-hybridized carbons (Fsp3) is 0.538. The molecule has 0 bridgehead atoms. The number of hydrogen-bond donors (Lipinski definition) is 2. The van der Waals surface area contributed by atoms with Gasteiger partial charge < -0.3 is 15.3 Å². The number of hydrogen-bond acceptors (Lipinski definition) is 3. The lowest BCUT2D eigenvalue weighted by atomic mass is 9.99. The van der Waals surface area contributed by atoms with Crippen LogP contribution in [0.3, 0.4) is 0 Å². The van der Waals surface area contributed by atoms with Crippen molar-refractivity contribution in [2.75, 3.05) is 20.6 Å². The Bertz CT molecular complexity index is 308. The number of phenols is 1. The van der Waals surface area contributed by atoms with Crippen LogP contribution in [0.5, 0.6) is 5.75 Å². The van der Waals surface area contributed by atoms with Crippen LogP contribution in [0.2, 0.25) is 0 Å². The Hall–Kier alpha value is -1.06. The molecule has 16 heavy (non-hydrogen) atoms. The highest BCUT2D eigenvalue weighted by atomic mass is 16.3. The third-order valence-electron chi connectivity index (χ3n) is 2.79. The van der Waals surface area contributed by atoms with Crippen molar-refractivity contribution in [3.05, 3.63) is 29.8 Å². The molecule has 0 saturated heterocycles. The number of likely N-dealkylation sites (N-methyl/N-ethyl adjacent to an activating group) is 2. The summed E-state index contributed by atoms with van der Waals surface area (Å²) in [6, 6.07) is 8.14. The van der Waals surface area contributed by atoms with Crippen molar-refractivity contribution >= 4 is 0 Å². The third-order valence-corrected chi connectivity index (χ3v) is 2.79. The lowest BCUT2D eigenvalue weighted by Crippen LogP contribution is -2.39. The first kappa shape index (κ1) is 13.0. The molecule has 3 heteroatoms. The van der Waals surface area contributed by atoms with Crippen LogP contribution >= 0.6 is 0 Å². The van der Waals surface area contributed by atoms with Crippen LogP contribution in [0.1, 0.15) is 25.5 Å². The third kappa shape index (κ3) is 3.22. The van der Waals surface area contributed by atoms with E-state index in [0.29, 0.717) is 17.8 Å². The highest BCUT2D eigenvalue weighted by Gasteiger charge is 2.20. The summed E-state index contributed by atoms with van der Waals surface area (Å²) in [6.45, 7) is 5.25. The van der Waals surface area contributed by atoms with E-state index >= 15 is 0 Å². The summed E-state index contributed by atoms with van der Waals surface area (Å²) in [5.74, 6) is 0.317. The Labute approximate surface area is 98.1 Å².